The maximum absolute atomic E-state index is 12.8. The van der Waals surface area contributed by atoms with Crippen LogP contribution in [0.5, 0.6) is 0 Å². The van der Waals surface area contributed by atoms with Crippen LogP contribution in [0.4, 0.5) is 0 Å². The summed E-state index contributed by atoms with van der Waals surface area (Å²) in [6, 6.07) is 7.48. The SMILES string of the molecule is O=c1c2ccccc2cnn1Cc1nc2c3c4c(sc3ncn2n1)CCCCC4. The van der Waals surface area contributed by atoms with Gasteiger partial charge in [0.25, 0.3) is 5.56 Å². The average molecular weight is 402 g/mol. The summed E-state index contributed by atoms with van der Waals surface area (Å²) in [4.78, 5) is 24.7. The summed E-state index contributed by atoms with van der Waals surface area (Å²) in [5.41, 5.74) is 2.09. The topological polar surface area (TPSA) is 78.0 Å². The molecule has 144 valence electrons. The van der Waals surface area contributed by atoms with Gasteiger partial charge in [0.15, 0.2) is 11.5 Å². The number of hydrogen-bond acceptors (Lipinski definition) is 6. The van der Waals surface area contributed by atoms with Crippen molar-refractivity contribution in [3.63, 3.8) is 0 Å². The molecule has 5 aromatic rings. The fourth-order valence-electron chi connectivity index (χ4n) is 4.22. The second-order valence-electron chi connectivity index (χ2n) is 7.48. The van der Waals surface area contributed by atoms with Crippen LogP contribution in [-0.4, -0.2) is 29.4 Å². The Labute approximate surface area is 169 Å². The van der Waals surface area contributed by atoms with E-state index in [9.17, 15) is 4.79 Å². The third-order valence-electron chi connectivity index (χ3n) is 5.64. The zero-order valence-corrected chi connectivity index (χ0v) is 16.5. The van der Waals surface area contributed by atoms with Crippen molar-refractivity contribution in [2.24, 2.45) is 0 Å². The van der Waals surface area contributed by atoms with Crippen LogP contribution in [0.3, 0.4) is 0 Å². The number of aromatic nitrogens is 6. The van der Waals surface area contributed by atoms with Crippen molar-refractivity contribution in [3.8, 4) is 0 Å². The molecule has 6 rings (SSSR count). The van der Waals surface area contributed by atoms with Gasteiger partial charge in [-0.1, -0.05) is 24.6 Å². The van der Waals surface area contributed by atoms with E-state index in [0.29, 0.717) is 11.2 Å². The van der Waals surface area contributed by atoms with Gasteiger partial charge in [0.05, 0.1) is 17.0 Å². The number of thiophene rings is 1. The van der Waals surface area contributed by atoms with Crippen molar-refractivity contribution in [3.05, 3.63) is 63.4 Å². The Bertz CT molecular complexity index is 1450. The van der Waals surface area contributed by atoms with Crippen molar-refractivity contribution < 1.29 is 0 Å². The molecule has 0 bridgehead atoms. The van der Waals surface area contributed by atoms with Gasteiger partial charge in [-0.05, 0) is 37.3 Å². The lowest BCUT2D eigenvalue weighted by molar-refractivity contribution is 0.620. The molecule has 29 heavy (non-hydrogen) atoms. The van der Waals surface area contributed by atoms with E-state index in [1.54, 1.807) is 28.4 Å². The van der Waals surface area contributed by atoms with Crippen LogP contribution in [0.2, 0.25) is 0 Å². The monoisotopic (exact) mass is 402 g/mol. The first-order chi connectivity index (χ1) is 14.3. The maximum Gasteiger partial charge on any atom is 0.275 e. The summed E-state index contributed by atoms with van der Waals surface area (Å²) in [7, 11) is 0. The van der Waals surface area contributed by atoms with E-state index in [-0.39, 0.29) is 12.1 Å². The zero-order chi connectivity index (χ0) is 19.4. The molecule has 1 aliphatic carbocycles. The summed E-state index contributed by atoms with van der Waals surface area (Å²) in [6.45, 7) is 0.235. The van der Waals surface area contributed by atoms with Gasteiger partial charge in [0.2, 0.25) is 0 Å². The van der Waals surface area contributed by atoms with Crippen molar-refractivity contribution in [2.75, 3.05) is 0 Å². The molecule has 1 aliphatic rings. The molecule has 4 aromatic heterocycles. The van der Waals surface area contributed by atoms with Gasteiger partial charge >= 0.3 is 0 Å². The van der Waals surface area contributed by atoms with E-state index in [1.165, 1.54) is 34.4 Å². The van der Waals surface area contributed by atoms with Gasteiger partial charge < -0.3 is 0 Å². The molecule has 4 heterocycles. The molecule has 0 atom stereocenters. The number of hydrogen-bond donors (Lipinski definition) is 0. The van der Waals surface area contributed by atoms with Crippen molar-refractivity contribution in [1.29, 1.82) is 0 Å². The molecule has 0 saturated heterocycles. The van der Waals surface area contributed by atoms with Gasteiger partial charge in [-0.15, -0.1) is 16.4 Å². The molecule has 0 N–H and O–H groups in total. The van der Waals surface area contributed by atoms with Gasteiger partial charge in [0.1, 0.15) is 17.7 Å². The maximum atomic E-state index is 12.8. The van der Waals surface area contributed by atoms with Gasteiger partial charge in [0, 0.05) is 10.3 Å². The molecule has 0 radical (unpaired) electrons. The lowest BCUT2D eigenvalue weighted by Gasteiger charge is -2.02. The molecule has 1 aromatic carbocycles. The van der Waals surface area contributed by atoms with Crippen molar-refractivity contribution in [1.82, 2.24) is 29.4 Å². The Morgan fingerprint density at radius 1 is 1.10 bits per heavy atom. The smallest absolute Gasteiger partial charge is 0.267 e. The van der Waals surface area contributed by atoms with Gasteiger partial charge in [-0.2, -0.15) is 5.10 Å². The first-order valence-corrected chi connectivity index (χ1v) is 10.7. The minimum absolute atomic E-state index is 0.130. The first kappa shape index (κ1) is 16.8. The summed E-state index contributed by atoms with van der Waals surface area (Å²) >= 11 is 1.79. The summed E-state index contributed by atoms with van der Waals surface area (Å²) < 4.78 is 3.16. The minimum atomic E-state index is -0.130. The molecule has 8 heteroatoms. The highest BCUT2D eigenvalue weighted by atomic mass is 32.1. The van der Waals surface area contributed by atoms with E-state index < -0.39 is 0 Å². The third-order valence-corrected chi connectivity index (χ3v) is 6.84. The Morgan fingerprint density at radius 3 is 2.97 bits per heavy atom. The van der Waals surface area contributed by atoms with Gasteiger partial charge in [-0.3, -0.25) is 4.79 Å². The Morgan fingerprint density at radius 2 is 2.00 bits per heavy atom. The quantitative estimate of drug-likeness (QED) is 0.423. The second kappa shape index (κ2) is 6.45. The number of aryl methyl sites for hydroxylation is 2. The second-order valence-corrected chi connectivity index (χ2v) is 8.56. The van der Waals surface area contributed by atoms with E-state index in [0.717, 1.165) is 34.1 Å². The first-order valence-electron chi connectivity index (χ1n) is 9.87. The van der Waals surface area contributed by atoms with E-state index in [4.69, 9.17) is 4.98 Å². The predicted molar refractivity (Wildman–Crippen MR) is 113 cm³/mol. The molecule has 0 unspecified atom stereocenters. The summed E-state index contributed by atoms with van der Waals surface area (Å²) in [6.07, 6.45) is 9.35. The van der Waals surface area contributed by atoms with E-state index in [1.807, 2.05) is 24.3 Å². The highest BCUT2D eigenvalue weighted by Gasteiger charge is 2.20. The van der Waals surface area contributed by atoms with E-state index in [2.05, 4.69) is 15.2 Å². The Kier molecular flexibility index (Phi) is 3.73. The van der Waals surface area contributed by atoms with Crippen LogP contribution >= 0.6 is 11.3 Å². The van der Waals surface area contributed by atoms with E-state index >= 15 is 0 Å². The fraction of sp³-hybridized carbons (Fsp3) is 0.286. The van der Waals surface area contributed by atoms with Crippen molar-refractivity contribution >= 4 is 38.0 Å². The molecule has 7 nitrogen and oxygen atoms in total. The van der Waals surface area contributed by atoms with Crippen LogP contribution in [0.25, 0.3) is 26.6 Å². The Hall–Kier alpha value is -3.13. The molecular formula is C21H18N6OS. The van der Waals surface area contributed by atoms with Crippen LogP contribution in [0.1, 0.15) is 35.5 Å². The number of benzene rings is 1. The van der Waals surface area contributed by atoms with Crippen LogP contribution in [0, 0.1) is 0 Å². The molecular weight excluding hydrogens is 384 g/mol. The highest BCUT2D eigenvalue weighted by molar-refractivity contribution is 7.19. The predicted octanol–water partition coefficient (Wildman–Crippen LogP) is 3.37. The van der Waals surface area contributed by atoms with Gasteiger partial charge in [-0.25, -0.2) is 19.2 Å². The average Bonchev–Trinajstić information content (AvgIpc) is 3.23. The lowest BCUT2D eigenvalue weighted by atomic mass is 10.1. The normalized spacial score (nSPS) is 14.5. The lowest BCUT2D eigenvalue weighted by Crippen LogP contribution is -2.23. The fourth-order valence-corrected chi connectivity index (χ4v) is 5.44. The highest BCUT2D eigenvalue weighted by Crippen LogP contribution is 2.36. The van der Waals surface area contributed by atoms with Crippen molar-refractivity contribution in [2.45, 2.75) is 38.6 Å². The van der Waals surface area contributed by atoms with Crippen LogP contribution < -0.4 is 5.56 Å². The largest absolute Gasteiger partial charge is 0.275 e. The molecule has 0 fully saturated rings. The Balaban J connectivity index is 1.48. The van der Waals surface area contributed by atoms with Crippen LogP contribution in [0.15, 0.2) is 41.6 Å². The standard InChI is InChI=1S/C21H18N6OS/c28-21-14-7-5-4-6-13(14)10-23-26(21)11-17-24-19-18-15-8-2-1-3-9-16(15)29-20(18)22-12-27(19)25-17/h4-7,10,12H,1-3,8-9,11H2. The molecule has 0 spiro atoms. The number of fused-ring (bicyclic) bond motifs is 6. The third kappa shape index (κ3) is 2.66. The molecule has 0 aliphatic heterocycles. The van der Waals surface area contributed by atoms with Crippen LogP contribution in [-0.2, 0) is 19.4 Å². The summed E-state index contributed by atoms with van der Waals surface area (Å²) in [5.74, 6) is 0.567. The summed E-state index contributed by atoms with van der Waals surface area (Å²) in [5, 5.41) is 11.5. The number of nitrogens with zero attached hydrogens (tertiary/aromatic N) is 6. The molecule has 0 saturated carbocycles. The zero-order valence-electron chi connectivity index (χ0n) is 15.7. The molecule has 0 amide bonds. The minimum Gasteiger partial charge on any atom is -0.267 e. The number of rotatable bonds is 2.